The zero-order chi connectivity index (χ0) is 35.8. The van der Waals surface area contributed by atoms with E-state index in [0.29, 0.717) is 64.3 Å². The molecule has 3 aromatic rings. The van der Waals surface area contributed by atoms with Crippen LogP contribution in [-0.4, -0.2) is 54.9 Å². The van der Waals surface area contributed by atoms with Crippen LogP contribution in [0.5, 0.6) is 0 Å². The number of nitrogens with one attached hydrogen (secondary N) is 2. The van der Waals surface area contributed by atoms with Crippen molar-refractivity contribution in [2.45, 2.75) is 111 Å². The average Bonchev–Trinajstić information content (AvgIpc) is 3.79. The van der Waals surface area contributed by atoms with Crippen LogP contribution >= 0.6 is 0 Å². The van der Waals surface area contributed by atoms with Gasteiger partial charge in [0.1, 0.15) is 5.69 Å². The fourth-order valence-corrected chi connectivity index (χ4v) is 13.1. The van der Waals surface area contributed by atoms with Crippen molar-refractivity contribution in [3.63, 3.8) is 0 Å². The van der Waals surface area contributed by atoms with Crippen LogP contribution in [0, 0.1) is 51.2 Å². The van der Waals surface area contributed by atoms with Crippen LogP contribution in [-0.2, 0) is 11.2 Å². The number of aliphatic hydroxyl groups is 1. The highest BCUT2D eigenvalue weighted by Gasteiger charge is 2.67. The lowest BCUT2D eigenvalue weighted by atomic mass is 9.36. The second-order valence-corrected chi connectivity index (χ2v) is 18.0. The minimum Gasteiger partial charge on any atom is -0.478 e. The molecule has 0 spiro atoms. The molecule has 2 aromatic heterocycles. The zero-order valence-electron chi connectivity index (χ0n) is 30.8. The van der Waals surface area contributed by atoms with E-state index in [1.165, 1.54) is 50.8 Å². The summed E-state index contributed by atoms with van der Waals surface area (Å²) in [4.78, 5) is 32.9. The maximum Gasteiger partial charge on any atom is 0.337 e. The number of aromatic carboxylic acids is 1. The number of H-pyrrole nitrogens is 1. The van der Waals surface area contributed by atoms with Gasteiger partial charge < -0.3 is 20.5 Å². The van der Waals surface area contributed by atoms with Gasteiger partial charge in [-0.1, -0.05) is 52.3 Å². The van der Waals surface area contributed by atoms with Gasteiger partial charge >= 0.3 is 5.97 Å². The summed E-state index contributed by atoms with van der Waals surface area (Å²) >= 11 is 0. The number of aliphatic hydroxyl groups excluding tert-OH is 1. The number of carbonyl (C=O) groups is 2. The first-order valence-electron chi connectivity index (χ1n) is 19.5. The molecule has 9 nitrogen and oxygen atoms in total. The number of carboxylic acids is 1. The molecule has 2 heterocycles. The molecule has 1 amide bonds. The summed E-state index contributed by atoms with van der Waals surface area (Å²) in [6.07, 6.45) is 14.6. The second kappa shape index (κ2) is 12.5. The number of nitrogens with zero attached hydrogens (tertiary/aromatic N) is 3. The Hall–Kier alpha value is -3.59. The Kier molecular flexibility index (Phi) is 8.47. The lowest BCUT2D eigenvalue weighted by Gasteiger charge is -2.69. The molecule has 5 fully saturated rings. The normalized spacial score (nSPS) is 36.6. The molecule has 5 aliphatic rings. The SMILES string of the molecule is CC1(C)C(O)CCC2(C)C1CCC1(C)C3CCC4(C(=O)NCCc5cccc(-c6nnc(-c7ccc(C(=O)O)cn7)[nH]6)c5)CCCC4C3CCC12. The van der Waals surface area contributed by atoms with Crippen molar-refractivity contribution < 1.29 is 19.8 Å². The maximum absolute atomic E-state index is 14.3. The molecular weight excluding hydrogens is 638 g/mol. The van der Waals surface area contributed by atoms with Crippen molar-refractivity contribution in [1.29, 1.82) is 0 Å². The largest absolute Gasteiger partial charge is 0.478 e. The van der Waals surface area contributed by atoms with Crippen molar-refractivity contribution in [2.75, 3.05) is 6.54 Å². The number of hydrogen-bond acceptors (Lipinski definition) is 6. The summed E-state index contributed by atoms with van der Waals surface area (Å²) < 4.78 is 0. The van der Waals surface area contributed by atoms with E-state index in [1.54, 1.807) is 6.07 Å². The summed E-state index contributed by atoms with van der Waals surface area (Å²) in [5, 5.41) is 32.1. The number of benzene rings is 1. The van der Waals surface area contributed by atoms with Gasteiger partial charge in [-0.2, -0.15) is 0 Å². The summed E-state index contributed by atoms with van der Waals surface area (Å²) in [5.41, 5.74) is 3.03. The second-order valence-electron chi connectivity index (χ2n) is 18.0. The molecule has 9 unspecified atom stereocenters. The van der Waals surface area contributed by atoms with E-state index >= 15 is 0 Å². The molecule has 0 aliphatic heterocycles. The number of amides is 1. The Morgan fingerprint density at radius 2 is 1.67 bits per heavy atom. The van der Waals surface area contributed by atoms with Crippen molar-refractivity contribution in [3.8, 4) is 22.9 Å². The molecule has 51 heavy (non-hydrogen) atoms. The summed E-state index contributed by atoms with van der Waals surface area (Å²) in [6.45, 7) is 10.5. The van der Waals surface area contributed by atoms with Crippen LogP contribution in [0.2, 0.25) is 0 Å². The molecule has 0 radical (unpaired) electrons. The minimum absolute atomic E-state index is 0.0195. The maximum atomic E-state index is 14.3. The lowest BCUT2D eigenvalue weighted by molar-refractivity contribution is -0.214. The molecule has 1 aromatic carbocycles. The first-order chi connectivity index (χ1) is 24.4. The predicted octanol–water partition coefficient (Wildman–Crippen LogP) is 7.72. The van der Waals surface area contributed by atoms with Gasteiger partial charge in [0, 0.05) is 18.3 Å². The number of aromatic nitrogens is 4. The van der Waals surface area contributed by atoms with Gasteiger partial charge in [0.25, 0.3) is 0 Å². The monoisotopic (exact) mass is 693 g/mol. The Balaban J connectivity index is 0.921. The van der Waals surface area contributed by atoms with Crippen LogP contribution in [0.3, 0.4) is 0 Å². The minimum atomic E-state index is -1.02. The third kappa shape index (κ3) is 5.47. The van der Waals surface area contributed by atoms with Gasteiger partial charge in [0.2, 0.25) is 5.91 Å². The first kappa shape index (κ1) is 34.5. The van der Waals surface area contributed by atoms with E-state index in [2.05, 4.69) is 65.3 Å². The Labute approximate surface area is 301 Å². The molecule has 5 aliphatic carbocycles. The highest BCUT2D eigenvalue weighted by Crippen LogP contribution is 2.73. The number of aromatic amines is 1. The molecular formula is C42H55N5O4. The van der Waals surface area contributed by atoms with Crippen LogP contribution in [0.4, 0.5) is 0 Å². The third-order valence-electron chi connectivity index (χ3n) is 15.6. The van der Waals surface area contributed by atoms with E-state index in [1.807, 2.05) is 12.1 Å². The number of carbonyl (C=O) groups excluding carboxylic acids is 1. The van der Waals surface area contributed by atoms with Gasteiger partial charge in [0.15, 0.2) is 11.6 Å². The van der Waals surface area contributed by atoms with Gasteiger partial charge in [-0.25, -0.2) is 4.79 Å². The number of rotatable bonds is 7. The number of fused-ring (bicyclic) bond motifs is 7. The van der Waals surface area contributed by atoms with E-state index in [-0.39, 0.29) is 28.4 Å². The van der Waals surface area contributed by atoms with E-state index in [9.17, 15) is 14.7 Å². The average molecular weight is 694 g/mol. The summed E-state index contributed by atoms with van der Waals surface area (Å²) in [5.74, 6) is 3.47. The molecule has 8 rings (SSSR count). The topological polar surface area (TPSA) is 141 Å². The van der Waals surface area contributed by atoms with Crippen LogP contribution in [0.1, 0.15) is 114 Å². The van der Waals surface area contributed by atoms with Crippen molar-refractivity contribution in [3.05, 3.63) is 53.7 Å². The Morgan fingerprint density at radius 1 is 0.863 bits per heavy atom. The molecule has 9 heteroatoms. The molecule has 5 saturated carbocycles. The summed E-state index contributed by atoms with van der Waals surface area (Å²) in [6, 6.07) is 11.3. The predicted molar refractivity (Wildman–Crippen MR) is 195 cm³/mol. The highest BCUT2D eigenvalue weighted by atomic mass is 16.4. The van der Waals surface area contributed by atoms with Crippen molar-refractivity contribution >= 4 is 11.9 Å². The molecule has 272 valence electrons. The number of pyridine rings is 1. The fourth-order valence-electron chi connectivity index (χ4n) is 13.1. The standard InChI is InChI=1S/C42H55N5O4/c1-39(2)32-15-19-40(3)29-14-21-42(18-6-9-30(42)28(29)11-13-33(40)41(32,4)20-16-34(39)48)38(51)43-22-17-25-7-5-8-26(23-25)35-45-36(47-46-35)31-12-10-27(24-44-31)37(49)50/h5,7-8,10,12,23-24,28-30,32-34,48H,6,9,11,13-22H2,1-4H3,(H,43,51)(H,49,50)(H,45,46,47). The van der Waals surface area contributed by atoms with Crippen LogP contribution in [0.15, 0.2) is 42.6 Å². The van der Waals surface area contributed by atoms with E-state index < -0.39 is 5.97 Å². The molecule has 0 bridgehead atoms. The number of hydrogen-bond donors (Lipinski definition) is 4. The number of carboxylic acid groups (broad SMARTS) is 1. The lowest BCUT2D eigenvalue weighted by Crippen LogP contribution is -2.63. The van der Waals surface area contributed by atoms with Crippen LogP contribution < -0.4 is 5.32 Å². The quantitative estimate of drug-likeness (QED) is 0.199. The highest BCUT2D eigenvalue weighted by molar-refractivity contribution is 5.87. The molecule has 9 atom stereocenters. The van der Waals surface area contributed by atoms with Crippen molar-refractivity contribution in [2.24, 2.45) is 51.2 Å². The zero-order valence-corrected chi connectivity index (χ0v) is 30.8. The fraction of sp³-hybridized carbons (Fsp3) is 0.643. The third-order valence-corrected chi connectivity index (χ3v) is 15.6. The smallest absolute Gasteiger partial charge is 0.337 e. The Morgan fingerprint density at radius 3 is 2.45 bits per heavy atom. The Bertz CT molecular complexity index is 1800. The van der Waals surface area contributed by atoms with E-state index in [0.717, 1.165) is 49.7 Å². The van der Waals surface area contributed by atoms with Crippen molar-refractivity contribution in [1.82, 2.24) is 25.5 Å². The summed E-state index contributed by atoms with van der Waals surface area (Å²) in [7, 11) is 0. The van der Waals surface area contributed by atoms with Gasteiger partial charge in [0.05, 0.1) is 17.1 Å². The van der Waals surface area contributed by atoms with Gasteiger partial charge in [-0.05, 0) is 140 Å². The molecule has 4 N–H and O–H groups in total. The van der Waals surface area contributed by atoms with Gasteiger partial charge in [-0.15, -0.1) is 10.2 Å². The first-order valence-corrected chi connectivity index (χ1v) is 19.5. The van der Waals surface area contributed by atoms with E-state index in [4.69, 9.17) is 5.11 Å². The van der Waals surface area contributed by atoms with Gasteiger partial charge in [-0.3, -0.25) is 9.78 Å². The molecule has 0 saturated heterocycles. The van der Waals surface area contributed by atoms with Crippen LogP contribution in [0.25, 0.3) is 22.9 Å².